The Bertz CT molecular complexity index is 829. The van der Waals surface area contributed by atoms with Crippen molar-refractivity contribution in [2.75, 3.05) is 13.2 Å². The molecule has 0 amide bonds. The molecular formula is C36H56O5. The highest BCUT2D eigenvalue weighted by Crippen LogP contribution is 2.11. The predicted octanol–water partition coefficient (Wildman–Crippen LogP) is 9.22. The molecule has 1 N–H and O–H groups in total. The third-order valence-electron chi connectivity index (χ3n) is 6.06. The molecule has 0 saturated heterocycles. The molecule has 0 radical (unpaired) electrons. The SMILES string of the molecule is CC/C=C/C=C/C=C/C=C/C=C/CCCC(=O)OCC(CO)OC(=O)CCCCCCCCC/C=C/C/C=C/CC. The lowest BCUT2D eigenvalue weighted by molar-refractivity contribution is -0.161. The zero-order valence-electron chi connectivity index (χ0n) is 25.8. The van der Waals surface area contributed by atoms with Crippen molar-refractivity contribution >= 4 is 11.9 Å². The number of hydrogen-bond donors (Lipinski definition) is 1. The Morgan fingerprint density at radius 3 is 1.78 bits per heavy atom. The van der Waals surface area contributed by atoms with Crippen molar-refractivity contribution in [3.8, 4) is 0 Å². The summed E-state index contributed by atoms with van der Waals surface area (Å²) in [7, 11) is 0. The summed E-state index contributed by atoms with van der Waals surface area (Å²) in [6, 6.07) is 0. The van der Waals surface area contributed by atoms with E-state index in [0.717, 1.165) is 51.4 Å². The molecule has 0 saturated carbocycles. The highest BCUT2D eigenvalue weighted by molar-refractivity contribution is 5.70. The molecule has 0 aliphatic rings. The fourth-order valence-electron chi connectivity index (χ4n) is 3.74. The van der Waals surface area contributed by atoms with Gasteiger partial charge in [0.25, 0.3) is 0 Å². The van der Waals surface area contributed by atoms with Crippen molar-refractivity contribution in [2.45, 2.75) is 116 Å². The van der Waals surface area contributed by atoms with Gasteiger partial charge in [-0.05, 0) is 51.4 Å². The van der Waals surface area contributed by atoms with E-state index in [-0.39, 0.29) is 31.6 Å². The van der Waals surface area contributed by atoms with E-state index in [9.17, 15) is 14.7 Å². The zero-order valence-corrected chi connectivity index (χ0v) is 25.8. The van der Waals surface area contributed by atoms with E-state index >= 15 is 0 Å². The Labute approximate surface area is 250 Å². The lowest BCUT2D eigenvalue weighted by Gasteiger charge is -2.15. The van der Waals surface area contributed by atoms with E-state index in [4.69, 9.17) is 9.47 Å². The normalized spacial score (nSPS) is 13.3. The minimum Gasteiger partial charge on any atom is -0.462 e. The molecule has 0 aliphatic heterocycles. The van der Waals surface area contributed by atoms with Crippen LogP contribution in [-0.2, 0) is 19.1 Å². The summed E-state index contributed by atoms with van der Waals surface area (Å²) in [5, 5.41) is 9.48. The van der Waals surface area contributed by atoms with Crippen LogP contribution in [0.3, 0.4) is 0 Å². The first-order valence-electron chi connectivity index (χ1n) is 15.7. The van der Waals surface area contributed by atoms with Crippen LogP contribution in [0.4, 0.5) is 0 Å². The third-order valence-corrected chi connectivity index (χ3v) is 6.06. The molecule has 0 aromatic heterocycles. The zero-order chi connectivity index (χ0) is 30.1. The maximum absolute atomic E-state index is 12.1. The maximum Gasteiger partial charge on any atom is 0.306 e. The molecule has 0 aromatic carbocycles. The Hall–Kier alpha value is -2.92. The van der Waals surface area contributed by atoms with Crippen LogP contribution in [-0.4, -0.2) is 36.4 Å². The van der Waals surface area contributed by atoms with Gasteiger partial charge in [-0.2, -0.15) is 0 Å². The smallest absolute Gasteiger partial charge is 0.306 e. The van der Waals surface area contributed by atoms with Crippen LogP contribution in [0.25, 0.3) is 0 Å². The number of esters is 2. The van der Waals surface area contributed by atoms with E-state index in [1.54, 1.807) is 0 Å². The monoisotopic (exact) mass is 568 g/mol. The molecule has 1 atom stereocenters. The fourth-order valence-corrected chi connectivity index (χ4v) is 3.74. The Morgan fingerprint density at radius 1 is 0.585 bits per heavy atom. The Morgan fingerprint density at radius 2 is 1.12 bits per heavy atom. The van der Waals surface area contributed by atoms with Crippen molar-refractivity contribution in [3.63, 3.8) is 0 Å². The maximum atomic E-state index is 12.1. The lowest BCUT2D eigenvalue weighted by atomic mass is 10.1. The van der Waals surface area contributed by atoms with Crippen molar-refractivity contribution < 1.29 is 24.2 Å². The topological polar surface area (TPSA) is 72.8 Å². The number of carbonyl (C=O) groups excluding carboxylic acids is 2. The van der Waals surface area contributed by atoms with Crippen LogP contribution < -0.4 is 0 Å². The van der Waals surface area contributed by atoms with Gasteiger partial charge in [-0.1, -0.05) is 131 Å². The molecule has 0 aromatic rings. The summed E-state index contributed by atoms with van der Waals surface area (Å²) < 4.78 is 10.5. The first kappa shape index (κ1) is 38.1. The summed E-state index contributed by atoms with van der Waals surface area (Å²) in [6.45, 7) is 3.78. The van der Waals surface area contributed by atoms with Gasteiger partial charge in [-0.15, -0.1) is 0 Å². The summed E-state index contributed by atoms with van der Waals surface area (Å²) in [5.74, 6) is -0.700. The molecule has 1 unspecified atom stereocenters. The number of carbonyl (C=O) groups is 2. The van der Waals surface area contributed by atoms with Crippen molar-refractivity contribution in [3.05, 3.63) is 85.1 Å². The first-order chi connectivity index (χ1) is 20.1. The molecule has 5 heteroatoms. The Kier molecular flexibility index (Phi) is 29.4. The average Bonchev–Trinajstić information content (AvgIpc) is 2.97. The van der Waals surface area contributed by atoms with Gasteiger partial charge in [0.05, 0.1) is 6.61 Å². The van der Waals surface area contributed by atoms with Crippen LogP contribution >= 0.6 is 0 Å². The number of aliphatic hydroxyl groups excluding tert-OH is 1. The quantitative estimate of drug-likeness (QED) is 0.0487. The summed E-state index contributed by atoms with van der Waals surface area (Å²) in [5.41, 5.74) is 0. The van der Waals surface area contributed by atoms with Gasteiger partial charge in [0, 0.05) is 12.8 Å². The largest absolute Gasteiger partial charge is 0.462 e. The number of unbranched alkanes of at least 4 members (excludes halogenated alkanes) is 8. The number of hydrogen-bond acceptors (Lipinski definition) is 5. The molecule has 0 rings (SSSR count). The second kappa shape index (κ2) is 31.6. The number of aliphatic hydroxyl groups is 1. The average molecular weight is 569 g/mol. The van der Waals surface area contributed by atoms with Crippen molar-refractivity contribution in [2.24, 2.45) is 0 Å². The van der Waals surface area contributed by atoms with Crippen LogP contribution in [0.15, 0.2) is 85.1 Å². The van der Waals surface area contributed by atoms with Crippen LogP contribution in [0.5, 0.6) is 0 Å². The van der Waals surface area contributed by atoms with Crippen LogP contribution in [0, 0.1) is 0 Å². The van der Waals surface area contributed by atoms with Crippen molar-refractivity contribution in [1.29, 1.82) is 0 Å². The van der Waals surface area contributed by atoms with E-state index in [1.807, 2.05) is 54.7 Å². The standard InChI is InChI=1S/C36H56O5/c1-3-5-7-9-11-13-15-17-19-21-23-25-27-29-31-36(39)41-34(32-37)33-40-35(38)30-28-26-24-22-20-18-16-14-12-10-8-6-4-2/h5-8,10-14,16,18,20,22,24,34,37H,3-4,9,15,17,19,21,23,25-33H2,1-2H3/b7-5+,8-6+,12-10+,13-11+,16-14+,20-18+,24-22+. The Balaban J connectivity index is 3.77. The molecule has 0 heterocycles. The van der Waals surface area contributed by atoms with Gasteiger partial charge < -0.3 is 14.6 Å². The van der Waals surface area contributed by atoms with Gasteiger partial charge >= 0.3 is 11.9 Å². The van der Waals surface area contributed by atoms with E-state index in [2.05, 4.69) is 44.2 Å². The molecule has 0 aliphatic carbocycles. The van der Waals surface area contributed by atoms with Gasteiger partial charge in [-0.25, -0.2) is 0 Å². The number of rotatable bonds is 26. The van der Waals surface area contributed by atoms with Gasteiger partial charge in [0.2, 0.25) is 0 Å². The fraction of sp³-hybridized carbons (Fsp3) is 0.556. The second-order valence-electron chi connectivity index (χ2n) is 9.89. The van der Waals surface area contributed by atoms with Crippen LogP contribution in [0.2, 0.25) is 0 Å². The van der Waals surface area contributed by atoms with Gasteiger partial charge in [0.1, 0.15) is 6.61 Å². The molecule has 5 nitrogen and oxygen atoms in total. The molecule has 41 heavy (non-hydrogen) atoms. The highest BCUT2D eigenvalue weighted by Gasteiger charge is 2.15. The van der Waals surface area contributed by atoms with Gasteiger partial charge in [0.15, 0.2) is 6.10 Å². The molecule has 0 spiro atoms. The minimum atomic E-state index is -0.807. The molecule has 0 fully saturated rings. The predicted molar refractivity (Wildman–Crippen MR) is 173 cm³/mol. The number of allylic oxidation sites excluding steroid dienone is 14. The molecular weight excluding hydrogens is 512 g/mol. The summed E-state index contributed by atoms with van der Waals surface area (Å²) in [4.78, 5) is 24.0. The van der Waals surface area contributed by atoms with E-state index in [0.29, 0.717) is 12.8 Å². The summed E-state index contributed by atoms with van der Waals surface area (Å²) in [6.07, 6.45) is 42.1. The van der Waals surface area contributed by atoms with Crippen molar-refractivity contribution in [1.82, 2.24) is 0 Å². The van der Waals surface area contributed by atoms with Crippen LogP contribution in [0.1, 0.15) is 110 Å². The van der Waals surface area contributed by atoms with E-state index in [1.165, 1.54) is 25.7 Å². The highest BCUT2D eigenvalue weighted by atomic mass is 16.6. The first-order valence-corrected chi connectivity index (χ1v) is 15.7. The van der Waals surface area contributed by atoms with E-state index < -0.39 is 6.10 Å². The minimum absolute atomic E-state index is 0.112. The third kappa shape index (κ3) is 29.9. The van der Waals surface area contributed by atoms with Gasteiger partial charge in [-0.3, -0.25) is 9.59 Å². The number of ether oxygens (including phenoxy) is 2. The molecule has 230 valence electrons. The second-order valence-corrected chi connectivity index (χ2v) is 9.89. The molecule has 0 bridgehead atoms. The lowest BCUT2D eigenvalue weighted by Crippen LogP contribution is -2.28. The summed E-state index contributed by atoms with van der Waals surface area (Å²) >= 11 is 0.